The van der Waals surface area contributed by atoms with Crippen LogP contribution in [0.3, 0.4) is 0 Å². The zero-order chi connectivity index (χ0) is 13.4. The van der Waals surface area contributed by atoms with Crippen molar-refractivity contribution in [1.29, 1.82) is 0 Å². The third kappa shape index (κ3) is 4.22. The van der Waals surface area contributed by atoms with Crippen LogP contribution in [0.1, 0.15) is 24.9 Å². The molecule has 1 amide bonds. The van der Waals surface area contributed by atoms with Crippen LogP contribution in [0.4, 0.5) is 0 Å². The molecule has 0 fully saturated rings. The lowest BCUT2D eigenvalue weighted by molar-refractivity contribution is -0.122. The highest BCUT2D eigenvalue weighted by Gasteiger charge is 2.10. The van der Waals surface area contributed by atoms with Gasteiger partial charge in [0.05, 0.1) is 0 Å². The predicted molar refractivity (Wildman–Crippen MR) is 72.4 cm³/mol. The smallest absolute Gasteiger partial charge is 0.258 e. The van der Waals surface area contributed by atoms with Gasteiger partial charge in [0.1, 0.15) is 5.75 Å². The van der Waals surface area contributed by atoms with Crippen molar-refractivity contribution in [1.82, 2.24) is 5.32 Å². The van der Waals surface area contributed by atoms with E-state index in [1.54, 1.807) is 6.08 Å². The maximum atomic E-state index is 11.4. The van der Waals surface area contributed by atoms with Crippen molar-refractivity contribution < 1.29 is 9.53 Å². The SMILES string of the molecule is C=CCNC(=O)COc1ccccc1C(N)CC. The first-order valence-corrected chi connectivity index (χ1v) is 6.04. The summed E-state index contributed by atoms with van der Waals surface area (Å²) in [5, 5.41) is 2.65. The van der Waals surface area contributed by atoms with Crippen molar-refractivity contribution in [3.63, 3.8) is 0 Å². The Bertz CT molecular complexity index is 405. The number of nitrogens with one attached hydrogen (secondary N) is 1. The Morgan fingerprint density at radius 3 is 2.94 bits per heavy atom. The minimum atomic E-state index is -0.172. The van der Waals surface area contributed by atoms with E-state index in [0.717, 1.165) is 12.0 Å². The Hall–Kier alpha value is -1.81. The zero-order valence-electron chi connectivity index (χ0n) is 10.7. The molecule has 1 unspecified atom stereocenters. The van der Waals surface area contributed by atoms with E-state index in [1.807, 2.05) is 31.2 Å². The number of rotatable bonds is 7. The molecule has 4 heteroatoms. The monoisotopic (exact) mass is 248 g/mol. The van der Waals surface area contributed by atoms with E-state index in [9.17, 15) is 4.79 Å². The second kappa shape index (κ2) is 7.50. The average Bonchev–Trinajstić information content (AvgIpc) is 2.42. The summed E-state index contributed by atoms with van der Waals surface area (Å²) in [5.41, 5.74) is 6.92. The minimum Gasteiger partial charge on any atom is -0.483 e. The van der Waals surface area contributed by atoms with Crippen LogP contribution in [0.5, 0.6) is 5.75 Å². The molecule has 0 aliphatic heterocycles. The van der Waals surface area contributed by atoms with Crippen molar-refractivity contribution in [2.75, 3.05) is 13.2 Å². The Morgan fingerprint density at radius 1 is 1.56 bits per heavy atom. The number of benzene rings is 1. The van der Waals surface area contributed by atoms with Gasteiger partial charge in [0.25, 0.3) is 5.91 Å². The van der Waals surface area contributed by atoms with Gasteiger partial charge in [0.15, 0.2) is 6.61 Å². The molecule has 0 radical (unpaired) electrons. The minimum absolute atomic E-state index is 0.0126. The second-order valence-electron chi connectivity index (χ2n) is 3.93. The van der Waals surface area contributed by atoms with E-state index in [0.29, 0.717) is 12.3 Å². The molecule has 18 heavy (non-hydrogen) atoms. The summed E-state index contributed by atoms with van der Waals surface area (Å²) in [6, 6.07) is 7.45. The summed E-state index contributed by atoms with van der Waals surface area (Å²) >= 11 is 0. The fourth-order valence-corrected chi connectivity index (χ4v) is 1.52. The van der Waals surface area contributed by atoms with Crippen molar-refractivity contribution in [3.8, 4) is 5.75 Å². The summed E-state index contributed by atoms with van der Waals surface area (Å²) in [6.07, 6.45) is 2.45. The predicted octanol–water partition coefficient (Wildman–Crippen LogP) is 1.78. The van der Waals surface area contributed by atoms with E-state index < -0.39 is 0 Å². The maximum absolute atomic E-state index is 11.4. The number of ether oxygens (including phenoxy) is 1. The lowest BCUT2D eigenvalue weighted by atomic mass is 10.0. The van der Waals surface area contributed by atoms with Crippen LogP contribution in [0.15, 0.2) is 36.9 Å². The van der Waals surface area contributed by atoms with Gasteiger partial charge in [0, 0.05) is 18.2 Å². The first-order chi connectivity index (χ1) is 8.69. The van der Waals surface area contributed by atoms with E-state index in [2.05, 4.69) is 11.9 Å². The van der Waals surface area contributed by atoms with Gasteiger partial charge < -0.3 is 15.8 Å². The fourth-order valence-electron chi connectivity index (χ4n) is 1.52. The Balaban J connectivity index is 2.61. The first-order valence-electron chi connectivity index (χ1n) is 6.04. The highest BCUT2D eigenvalue weighted by molar-refractivity contribution is 5.77. The Labute approximate surface area is 108 Å². The van der Waals surface area contributed by atoms with Crippen LogP contribution in [0.2, 0.25) is 0 Å². The molecule has 4 nitrogen and oxygen atoms in total. The van der Waals surface area contributed by atoms with Gasteiger partial charge >= 0.3 is 0 Å². The van der Waals surface area contributed by atoms with Gasteiger partial charge in [-0.05, 0) is 12.5 Å². The van der Waals surface area contributed by atoms with Crippen LogP contribution >= 0.6 is 0 Å². The molecule has 1 aromatic carbocycles. The maximum Gasteiger partial charge on any atom is 0.258 e. The van der Waals surface area contributed by atoms with E-state index >= 15 is 0 Å². The summed E-state index contributed by atoms with van der Waals surface area (Å²) < 4.78 is 5.49. The number of para-hydroxylation sites is 1. The molecule has 0 bridgehead atoms. The molecule has 1 aromatic rings. The largest absolute Gasteiger partial charge is 0.483 e. The molecule has 0 saturated heterocycles. The van der Waals surface area contributed by atoms with Crippen molar-refractivity contribution in [2.24, 2.45) is 5.73 Å². The summed E-state index contributed by atoms with van der Waals surface area (Å²) in [5.74, 6) is 0.496. The number of hydrogen-bond acceptors (Lipinski definition) is 3. The third-order valence-corrected chi connectivity index (χ3v) is 2.56. The lowest BCUT2D eigenvalue weighted by Crippen LogP contribution is -2.29. The number of hydrogen-bond donors (Lipinski definition) is 2. The lowest BCUT2D eigenvalue weighted by Gasteiger charge is -2.15. The fraction of sp³-hybridized carbons (Fsp3) is 0.357. The first kappa shape index (κ1) is 14.3. The molecule has 0 aromatic heterocycles. The average molecular weight is 248 g/mol. The third-order valence-electron chi connectivity index (χ3n) is 2.56. The van der Waals surface area contributed by atoms with E-state index in [-0.39, 0.29) is 18.6 Å². The molecule has 98 valence electrons. The highest BCUT2D eigenvalue weighted by Crippen LogP contribution is 2.25. The van der Waals surface area contributed by atoms with Gasteiger partial charge in [-0.15, -0.1) is 6.58 Å². The van der Waals surface area contributed by atoms with Crippen LogP contribution < -0.4 is 15.8 Å². The van der Waals surface area contributed by atoms with Crippen LogP contribution in [0.25, 0.3) is 0 Å². The van der Waals surface area contributed by atoms with E-state index in [1.165, 1.54) is 0 Å². The molecular weight excluding hydrogens is 228 g/mol. The van der Waals surface area contributed by atoms with Gasteiger partial charge in [-0.25, -0.2) is 0 Å². The molecule has 1 rings (SSSR count). The Morgan fingerprint density at radius 2 is 2.28 bits per heavy atom. The van der Waals surface area contributed by atoms with E-state index in [4.69, 9.17) is 10.5 Å². The molecule has 0 saturated carbocycles. The number of nitrogens with two attached hydrogens (primary N) is 1. The second-order valence-corrected chi connectivity index (χ2v) is 3.93. The van der Waals surface area contributed by atoms with Gasteiger partial charge in [0.2, 0.25) is 0 Å². The van der Waals surface area contributed by atoms with Crippen molar-refractivity contribution in [2.45, 2.75) is 19.4 Å². The number of carbonyl (C=O) groups is 1. The van der Waals surface area contributed by atoms with Crippen molar-refractivity contribution >= 4 is 5.91 Å². The van der Waals surface area contributed by atoms with Gasteiger partial charge in [-0.1, -0.05) is 31.2 Å². The Kier molecular flexibility index (Phi) is 5.94. The highest BCUT2D eigenvalue weighted by atomic mass is 16.5. The summed E-state index contributed by atoms with van der Waals surface area (Å²) in [4.78, 5) is 11.4. The molecule has 3 N–H and O–H groups in total. The van der Waals surface area contributed by atoms with Crippen LogP contribution in [-0.2, 0) is 4.79 Å². The molecule has 0 aliphatic rings. The topological polar surface area (TPSA) is 64.3 Å². The summed E-state index contributed by atoms with van der Waals surface area (Å²) in [6.45, 7) is 5.97. The van der Waals surface area contributed by atoms with Crippen LogP contribution in [0, 0.1) is 0 Å². The summed E-state index contributed by atoms with van der Waals surface area (Å²) in [7, 11) is 0. The normalized spacial score (nSPS) is 11.7. The van der Waals surface area contributed by atoms with Gasteiger partial charge in [-0.3, -0.25) is 4.79 Å². The zero-order valence-corrected chi connectivity index (χ0v) is 10.7. The van der Waals surface area contributed by atoms with Crippen LogP contribution in [-0.4, -0.2) is 19.1 Å². The standard InChI is InChI=1S/C14H20N2O2/c1-3-9-16-14(17)10-18-13-8-6-5-7-11(13)12(15)4-2/h3,5-8,12H,1,4,9-10,15H2,2H3,(H,16,17). The van der Waals surface area contributed by atoms with Crippen molar-refractivity contribution in [3.05, 3.63) is 42.5 Å². The molecule has 0 heterocycles. The number of amides is 1. The number of carbonyl (C=O) groups excluding carboxylic acids is 1. The molecule has 1 atom stereocenters. The molecule has 0 aliphatic carbocycles. The van der Waals surface area contributed by atoms with Gasteiger partial charge in [-0.2, -0.15) is 0 Å². The molecule has 0 spiro atoms. The quantitative estimate of drug-likeness (QED) is 0.723. The molecular formula is C14H20N2O2.